The van der Waals surface area contributed by atoms with Crippen LogP contribution in [0.1, 0.15) is 46.8 Å². The number of hydrogen-bond acceptors (Lipinski definition) is 5. The van der Waals surface area contributed by atoms with Crippen LogP contribution in [-0.2, 0) is 16.6 Å². The van der Waals surface area contributed by atoms with Gasteiger partial charge in [0.2, 0.25) is 0 Å². The monoisotopic (exact) mass is 478 g/mol. The maximum Gasteiger partial charge on any atom is 0.586 e. The van der Waals surface area contributed by atoms with Gasteiger partial charge in [-0.1, -0.05) is 24.3 Å². The van der Waals surface area contributed by atoms with Crippen molar-refractivity contribution < 1.29 is 32.6 Å². The Bertz CT molecular complexity index is 1360. The fourth-order valence-electron chi connectivity index (χ4n) is 4.62. The molecule has 1 saturated carbocycles. The number of ketones is 2. The van der Waals surface area contributed by atoms with Crippen molar-refractivity contribution in [1.29, 1.82) is 0 Å². The van der Waals surface area contributed by atoms with Crippen LogP contribution in [0.25, 0.3) is 11.1 Å². The molecule has 2 aliphatic rings. The van der Waals surface area contributed by atoms with E-state index in [4.69, 9.17) is 4.74 Å². The quantitative estimate of drug-likeness (QED) is 0.388. The van der Waals surface area contributed by atoms with Crippen molar-refractivity contribution in [1.82, 2.24) is 0 Å². The molecule has 35 heavy (non-hydrogen) atoms. The van der Waals surface area contributed by atoms with Crippen LogP contribution in [0.3, 0.4) is 0 Å². The summed E-state index contributed by atoms with van der Waals surface area (Å²) in [5.41, 5.74) is 4.08. The third-order valence-electron chi connectivity index (χ3n) is 6.76. The maximum atomic E-state index is 13.4. The molecule has 3 aromatic rings. The zero-order valence-corrected chi connectivity index (χ0v) is 19.6. The molecule has 5 rings (SSSR count). The first-order valence-electron chi connectivity index (χ1n) is 11.3. The number of fused-ring (bicyclic) bond motifs is 1. The molecule has 3 aromatic carbocycles. The van der Waals surface area contributed by atoms with Gasteiger partial charge in [-0.3, -0.25) is 9.59 Å². The number of Topliss-reactive ketones (excluding diaryl/α,β-unsaturated/α-hetero) is 2. The minimum atomic E-state index is -3.69. The van der Waals surface area contributed by atoms with Gasteiger partial charge in [0, 0.05) is 12.0 Å². The highest BCUT2D eigenvalue weighted by Gasteiger charge is 2.52. The van der Waals surface area contributed by atoms with E-state index in [1.165, 1.54) is 19.1 Å². The lowest BCUT2D eigenvalue weighted by Crippen LogP contribution is -2.26. The van der Waals surface area contributed by atoms with E-state index in [0.717, 1.165) is 22.3 Å². The van der Waals surface area contributed by atoms with Crippen LogP contribution in [0, 0.1) is 6.92 Å². The molecular weight excluding hydrogens is 454 g/mol. The second-order valence-corrected chi connectivity index (χ2v) is 9.17. The standard InChI is InChI=1S/C28H24F2O5/c1-16-4-5-18(10-23(16)20-12-19(17(2)31)13-22(14-20)33-3)11-26(32)27(8-9-27)21-6-7-24-25(15-21)35-28(29,30)34-24/h4-7,10,12-15H,8-9,11H2,1-3H3. The molecule has 0 atom stereocenters. The molecule has 7 heteroatoms. The van der Waals surface area contributed by atoms with Gasteiger partial charge in [0.25, 0.3) is 0 Å². The van der Waals surface area contributed by atoms with Crippen LogP contribution in [0.4, 0.5) is 8.78 Å². The Morgan fingerprint density at radius 1 is 0.971 bits per heavy atom. The number of halogens is 2. The van der Waals surface area contributed by atoms with Gasteiger partial charge in [-0.05, 0) is 84.8 Å². The number of rotatable bonds is 7. The summed E-state index contributed by atoms with van der Waals surface area (Å²) in [6, 6.07) is 15.8. The van der Waals surface area contributed by atoms with Crippen molar-refractivity contribution >= 4 is 11.6 Å². The van der Waals surface area contributed by atoms with Crippen LogP contribution in [0.15, 0.2) is 54.6 Å². The lowest BCUT2D eigenvalue weighted by Gasteiger charge is -2.16. The summed E-state index contributed by atoms with van der Waals surface area (Å²) in [5, 5.41) is 0. The van der Waals surface area contributed by atoms with E-state index in [2.05, 4.69) is 9.47 Å². The summed E-state index contributed by atoms with van der Waals surface area (Å²) in [5.74, 6) is 0.454. The zero-order valence-electron chi connectivity index (χ0n) is 19.6. The first-order valence-corrected chi connectivity index (χ1v) is 11.3. The highest BCUT2D eigenvalue weighted by Crippen LogP contribution is 2.52. The van der Waals surface area contributed by atoms with E-state index in [-0.39, 0.29) is 29.5 Å². The molecule has 0 amide bonds. The summed E-state index contributed by atoms with van der Waals surface area (Å²) < 4.78 is 41.3. The van der Waals surface area contributed by atoms with Gasteiger partial charge >= 0.3 is 6.29 Å². The normalized spacial score (nSPS) is 16.6. The molecule has 0 radical (unpaired) electrons. The van der Waals surface area contributed by atoms with E-state index >= 15 is 0 Å². The summed E-state index contributed by atoms with van der Waals surface area (Å²) in [4.78, 5) is 25.4. The average Bonchev–Trinajstić information content (AvgIpc) is 3.57. The maximum absolute atomic E-state index is 13.4. The Labute approximate surface area is 201 Å². The number of ether oxygens (including phenoxy) is 3. The number of carbonyl (C=O) groups is 2. The Kier molecular flexibility index (Phi) is 5.38. The Morgan fingerprint density at radius 2 is 1.71 bits per heavy atom. The highest BCUT2D eigenvalue weighted by atomic mass is 19.3. The lowest BCUT2D eigenvalue weighted by atomic mass is 9.86. The average molecular weight is 478 g/mol. The van der Waals surface area contributed by atoms with Crippen molar-refractivity contribution in [2.24, 2.45) is 0 Å². The Hall–Kier alpha value is -3.74. The molecule has 0 bridgehead atoms. The molecule has 0 aromatic heterocycles. The highest BCUT2D eigenvalue weighted by molar-refractivity contribution is 5.96. The summed E-state index contributed by atoms with van der Waals surface area (Å²) in [6.07, 6.45) is -2.19. The molecule has 0 unspecified atom stereocenters. The van der Waals surface area contributed by atoms with Gasteiger partial charge in [-0.25, -0.2) is 0 Å². The number of aryl methyl sites for hydroxylation is 1. The van der Waals surface area contributed by atoms with Crippen molar-refractivity contribution in [3.8, 4) is 28.4 Å². The zero-order chi connectivity index (χ0) is 25.0. The molecule has 1 aliphatic heterocycles. The largest absolute Gasteiger partial charge is 0.586 e. The van der Waals surface area contributed by atoms with Gasteiger partial charge in [0.15, 0.2) is 17.3 Å². The third kappa shape index (κ3) is 4.27. The van der Waals surface area contributed by atoms with E-state index < -0.39 is 11.7 Å². The summed E-state index contributed by atoms with van der Waals surface area (Å²) >= 11 is 0. The van der Waals surface area contributed by atoms with Gasteiger partial charge in [-0.2, -0.15) is 0 Å². The van der Waals surface area contributed by atoms with Crippen LogP contribution in [0.5, 0.6) is 17.2 Å². The number of benzene rings is 3. The van der Waals surface area contributed by atoms with Crippen molar-refractivity contribution in [3.63, 3.8) is 0 Å². The number of hydrogen-bond donors (Lipinski definition) is 0. The second kappa shape index (κ2) is 8.18. The lowest BCUT2D eigenvalue weighted by molar-refractivity contribution is -0.286. The van der Waals surface area contributed by atoms with Gasteiger partial charge in [0.05, 0.1) is 12.5 Å². The molecule has 1 heterocycles. The molecule has 0 N–H and O–H groups in total. The minimum absolute atomic E-state index is 0.0213. The molecule has 180 valence electrons. The molecular formula is C28H24F2O5. The molecule has 1 fully saturated rings. The van der Waals surface area contributed by atoms with Crippen molar-refractivity contribution in [3.05, 3.63) is 76.9 Å². The predicted molar refractivity (Wildman–Crippen MR) is 125 cm³/mol. The van der Waals surface area contributed by atoms with Crippen LogP contribution >= 0.6 is 0 Å². The molecule has 0 spiro atoms. The van der Waals surface area contributed by atoms with E-state index in [1.54, 1.807) is 19.2 Å². The van der Waals surface area contributed by atoms with Crippen LogP contribution in [0.2, 0.25) is 0 Å². The molecule has 5 nitrogen and oxygen atoms in total. The number of methoxy groups -OCH3 is 1. The topological polar surface area (TPSA) is 61.8 Å². The SMILES string of the molecule is COc1cc(C(C)=O)cc(-c2cc(CC(=O)C3(c4ccc5c(c4)OC(F)(F)O5)CC3)ccc2C)c1. The van der Waals surface area contributed by atoms with E-state index in [9.17, 15) is 18.4 Å². The summed E-state index contributed by atoms with van der Waals surface area (Å²) in [6.45, 7) is 3.48. The van der Waals surface area contributed by atoms with E-state index in [0.29, 0.717) is 29.7 Å². The Balaban J connectivity index is 1.42. The fraction of sp³-hybridized carbons (Fsp3) is 0.286. The Morgan fingerprint density at radius 3 is 2.40 bits per heavy atom. The van der Waals surface area contributed by atoms with E-state index in [1.807, 2.05) is 37.3 Å². The third-order valence-corrected chi connectivity index (χ3v) is 6.76. The van der Waals surface area contributed by atoms with Crippen LogP contribution < -0.4 is 14.2 Å². The first-order chi connectivity index (χ1) is 16.6. The van der Waals surface area contributed by atoms with Crippen molar-refractivity contribution in [2.45, 2.75) is 44.8 Å². The molecule has 1 aliphatic carbocycles. The predicted octanol–water partition coefficient (Wildman–Crippen LogP) is 6.04. The van der Waals surface area contributed by atoms with Crippen molar-refractivity contribution in [2.75, 3.05) is 7.11 Å². The smallest absolute Gasteiger partial charge is 0.497 e. The second-order valence-electron chi connectivity index (χ2n) is 9.17. The summed E-state index contributed by atoms with van der Waals surface area (Å²) in [7, 11) is 1.55. The van der Waals surface area contributed by atoms with Crippen LogP contribution in [-0.4, -0.2) is 25.0 Å². The van der Waals surface area contributed by atoms with Gasteiger partial charge < -0.3 is 14.2 Å². The number of alkyl halides is 2. The van der Waals surface area contributed by atoms with Gasteiger partial charge in [0.1, 0.15) is 11.5 Å². The van der Waals surface area contributed by atoms with Gasteiger partial charge in [-0.15, -0.1) is 8.78 Å². The fourth-order valence-corrected chi connectivity index (χ4v) is 4.62. The minimum Gasteiger partial charge on any atom is -0.497 e. The number of carbonyl (C=O) groups excluding carboxylic acids is 2. The first kappa shape index (κ1) is 23.0. The molecule has 0 saturated heterocycles.